The van der Waals surface area contributed by atoms with Crippen molar-refractivity contribution >= 4 is 19.8 Å². The van der Waals surface area contributed by atoms with Crippen LogP contribution in [0.25, 0.3) is 0 Å². The molecule has 0 aliphatic carbocycles. The van der Waals surface area contributed by atoms with Crippen LogP contribution in [0.3, 0.4) is 0 Å². The van der Waals surface area contributed by atoms with Gasteiger partial charge in [0.15, 0.2) is 6.10 Å². The van der Waals surface area contributed by atoms with Crippen LogP contribution in [0.2, 0.25) is 0 Å². The summed E-state index contributed by atoms with van der Waals surface area (Å²) in [6.45, 7) is 3.58. The first-order valence-corrected chi connectivity index (χ1v) is 42.9. The van der Waals surface area contributed by atoms with Gasteiger partial charge in [0.25, 0.3) is 0 Å². The van der Waals surface area contributed by atoms with Gasteiger partial charge in [0, 0.05) is 19.4 Å². The van der Waals surface area contributed by atoms with E-state index in [1.165, 1.54) is 276 Å². The number of allylic oxidation sites excluding steroid dienone is 18. The molecular weight excluding hydrogens is 1220 g/mol. The highest BCUT2D eigenvalue weighted by atomic mass is 31.2. The molecule has 0 bridgehead atoms. The fraction of sp³-hybridized carbons (Fsp3) is 0.770. The lowest BCUT2D eigenvalue weighted by atomic mass is 10.0. The Morgan fingerprint density at radius 2 is 0.536 bits per heavy atom. The van der Waals surface area contributed by atoms with Crippen molar-refractivity contribution in [2.75, 3.05) is 26.4 Å². The van der Waals surface area contributed by atoms with Crippen molar-refractivity contribution < 1.29 is 37.6 Å². The Labute approximate surface area is 600 Å². The highest BCUT2D eigenvalue weighted by molar-refractivity contribution is 7.47. The summed E-state index contributed by atoms with van der Waals surface area (Å²) in [6.07, 6.45) is 114. The molecule has 0 aliphatic rings. The van der Waals surface area contributed by atoms with Crippen molar-refractivity contribution in [2.24, 2.45) is 5.73 Å². The number of ether oxygens (including phenoxy) is 2. The Balaban J connectivity index is 3.75. The van der Waals surface area contributed by atoms with Crippen LogP contribution >= 0.6 is 7.82 Å². The van der Waals surface area contributed by atoms with Gasteiger partial charge in [-0.15, -0.1) is 0 Å². The van der Waals surface area contributed by atoms with Crippen LogP contribution in [0.15, 0.2) is 109 Å². The van der Waals surface area contributed by atoms with Crippen molar-refractivity contribution in [2.45, 2.75) is 405 Å². The zero-order chi connectivity index (χ0) is 70.0. The predicted molar refractivity (Wildman–Crippen MR) is 422 cm³/mol. The summed E-state index contributed by atoms with van der Waals surface area (Å²) in [7, 11) is -4.40. The monoisotopic (exact) mass is 1370 g/mol. The van der Waals surface area contributed by atoms with Crippen molar-refractivity contribution in [1.82, 2.24) is 0 Å². The number of nitrogens with two attached hydrogens (primary N) is 1. The molecule has 0 amide bonds. The second kappa shape index (κ2) is 81.6. The van der Waals surface area contributed by atoms with E-state index in [4.69, 9.17) is 24.3 Å². The van der Waals surface area contributed by atoms with Gasteiger partial charge in [0.1, 0.15) is 6.61 Å². The average Bonchev–Trinajstić information content (AvgIpc) is 2.88. The summed E-state index contributed by atoms with van der Waals surface area (Å²) in [5, 5.41) is 0. The van der Waals surface area contributed by atoms with E-state index in [0.29, 0.717) is 6.42 Å². The molecule has 3 N–H and O–H groups in total. The summed E-state index contributed by atoms with van der Waals surface area (Å²) >= 11 is 0. The van der Waals surface area contributed by atoms with E-state index < -0.39 is 26.5 Å². The molecule has 2 unspecified atom stereocenters. The molecule has 0 saturated heterocycles. The number of phosphoric acid groups is 1. The molecular formula is C87H156NO8P. The maximum absolute atomic E-state index is 12.8. The lowest BCUT2D eigenvalue weighted by molar-refractivity contribution is -0.161. The molecule has 0 fully saturated rings. The van der Waals surface area contributed by atoms with Crippen molar-refractivity contribution in [3.05, 3.63) is 109 Å². The maximum atomic E-state index is 12.8. The Bertz CT molecular complexity index is 1970. The summed E-state index contributed by atoms with van der Waals surface area (Å²) in [5.74, 6) is -0.807. The van der Waals surface area contributed by atoms with Crippen LogP contribution in [0.4, 0.5) is 0 Å². The zero-order valence-electron chi connectivity index (χ0n) is 63.6. The standard InChI is InChI=1S/C87H156NO8P/c1-3-5-7-9-11-13-15-17-19-21-23-25-27-29-31-33-35-37-39-41-42-44-46-48-50-52-54-56-58-60-62-64-66-68-70-72-74-76-78-80-87(90)96-85(84-95-97(91,92)94-82-81-88)83-93-86(89)79-77-75-73-71-69-67-65-63-61-59-57-55-53-51-49-47-45-43-40-38-36-34-32-30-28-26-24-22-20-18-16-14-12-10-8-6-4-2/h5-8,11-14,17-20,23-26,29,31,85H,3-4,9-10,15-16,21-22,27-28,30,32-84,88H2,1-2H3,(H,91,92)/b7-5-,8-6-,13-11-,14-12-,19-17-,20-18-,25-23-,26-24-,31-29-. The Hall–Kier alpha value is -3.33. The lowest BCUT2D eigenvalue weighted by Crippen LogP contribution is -2.29. The van der Waals surface area contributed by atoms with Gasteiger partial charge in [0.05, 0.1) is 13.2 Å². The highest BCUT2D eigenvalue weighted by Crippen LogP contribution is 2.43. The third-order valence-electron chi connectivity index (χ3n) is 18.2. The van der Waals surface area contributed by atoms with Crippen LogP contribution in [0, 0.1) is 0 Å². The molecule has 0 spiro atoms. The molecule has 0 heterocycles. The number of rotatable bonds is 78. The number of carbonyl (C=O) groups is 2. The normalized spacial score (nSPS) is 13.4. The number of phosphoric ester groups is 1. The minimum atomic E-state index is -4.40. The second-order valence-corrected chi connectivity index (χ2v) is 29.0. The highest BCUT2D eigenvalue weighted by Gasteiger charge is 2.26. The van der Waals surface area contributed by atoms with E-state index in [2.05, 4.69) is 123 Å². The summed E-state index contributed by atoms with van der Waals surface area (Å²) in [6, 6.07) is 0. The van der Waals surface area contributed by atoms with Gasteiger partial charge < -0.3 is 20.1 Å². The molecule has 9 nitrogen and oxygen atoms in total. The molecule has 0 aliphatic heterocycles. The first-order chi connectivity index (χ1) is 47.8. The van der Waals surface area contributed by atoms with Crippen LogP contribution in [0.1, 0.15) is 399 Å². The second-order valence-electron chi connectivity index (χ2n) is 27.6. The Kier molecular flexibility index (Phi) is 78.8. The molecule has 562 valence electrons. The Morgan fingerprint density at radius 1 is 0.309 bits per heavy atom. The average molecular weight is 1380 g/mol. The molecule has 0 rings (SSSR count). The maximum Gasteiger partial charge on any atom is 0.472 e. The minimum Gasteiger partial charge on any atom is -0.462 e. The van der Waals surface area contributed by atoms with Crippen LogP contribution in [-0.4, -0.2) is 49.3 Å². The molecule has 97 heavy (non-hydrogen) atoms. The summed E-state index contributed by atoms with van der Waals surface area (Å²) < 4.78 is 33.3. The molecule has 0 radical (unpaired) electrons. The number of esters is 2. The molecule has 0 aromatic heterocycles. The number of carbonyl (C=O) groups excluding carboxylic acids is 2. The van der Waals surface area contributed by atoms with Crippen molar-refractivity contribution in [1.29, 1.82) is 0 Å². The fourth-order valence-corrected chi connectivity index (χ4v) is 12.9. The first kappa shape index (κ1) is 93.7. The minimum absolute atomic E-state index is 0.0537. The van der Waals surface area contributed by atoms with Crippen LogP contribution in [0.5, 0.6) is 0 Å². The van der Waals surface area contributed by atoms with Gasteiger partial charge in [-0.2, -0.15) is 0 Å². The topological polar surface area (TPSA) is 134 Å². The van der Waals surface area contributed by atoms with E-state index in [1.54, 1.807) is 0 Å². The van der Waals surface area contributed by atoms with E-state index >= 15 is 0 Å². The van der Waals surface area contributed by atoms with Crippen LogP contribution in [-0.2, 0) is 32.7 Å². The smallest absolute Gasteiger partial charge is 0.462 e. The molecule has 0 aromatic carbocycles. The molecule has 10 heteroatoms. The van der Waals surface area contributed by atoms with Gasteiger partial charge in [-0.25, -0.2) is 4.57 Å². The van der Waals surface area contributed by atoms with Crippen molar-refractivity contribution in [3.8, 4) is 0 Å². The largest absolute Gasteiger partial charge is 0.472 e. The summed E-state index contributed by atoms with van der Waals surface area (Å²) in [4.78, 5) is 35.5. The van der Waals surface area contributed by atoms with Crippen molar-refractivity contribution in [3.63, 3.8) is 0 Å². The third kappa shape index (κ3) is 81.5. The van der Waals surface area contributed by atoms with Gasteiger partial charge in [-0.05, 0) is 96.3 Å². The van der Waals surface area contributed by atoms with E-state index in [9.17, 15) is 19.0 Å². The van der Waals surface area contributed by atoms with E-state index in [-0.39, 0.29) is 38.6 Å². The fourth-order valence-electron chi connectivity index (χ4n) is 12.1. The SMILES string of the molecule is CC/C=C\C/C=C\C/C=C\C/C=C\C/C=C\CCCCCCCCCCCCCCCCCCCCCCCCCC(=O)OC(COC(=O)CCCCCCCCCCCCCCCCCCCCCCCCCC/C=C\C/C=C\C/C=C\C/C=C\CC)COP(=O)(O)OCCN. The number of hydrogen-bond acceptors (Lipinski definition) is 8. The van der Waals surface area contributed by atoms with E-state index in [0.717, 1.165) is 89.9 Å². The molecule has 0 aromatic rings. The third-order valence-corrected chi connectivity index (χ3v) is 19.1. The first-order valence-electron chi connectivity index (χ1n) is 41.4. The van der Waals surface area contributed by atoms with Gasteiger partial charge in [-0.1, -0.05) is 399 Å². The van der Waals surface area contributed by atoms with Crippen LogP contribution < -0.4 is 5.73 Å². The Morgan fingerprint density at radius 3 is 0.794 bits per heavy atom. The van der Waals surface area contributed by atoms with E-state index in [1.807, 2.05) is 0 Å². The van der Waals surface area contributed by atoms with Gasteiger partial charge >= 0.3 is 19.8 Å². The molecule has 0 saturated carbocycles. The van der Waals surface area contributed by atoms with Gasteiger partial charge in [-0.3, -0.25) is 18.6 Å². The summed E-state index contributed by atoms with van der Waals surface area (Å²) in [5.41, 5.74) is 5.42. The van der Waals surface area contributed by atoms with Gasteiger partial charge in [0.2, 0.25) is 0 Å². The lowest BCUT2D eigenvalue weighted by Gasteiger charge is -2.19. The molecule has 2 atom stereocenters. The quantitative estimate of drug-likeness (QED) is 0.0264. The number of hydrogen-bond donors (Lipinski definition) is 2. The zero-order valence-corrected chi connectivity index (χ0v) is 64.4. The number of unbranched alkanes of at least 4 members (excludes halogenated alkanes) is 47. The predicted octanol–water partition coefficient (Wildman–Crippen LogP) is 28.0.